The lowest BCUT2D eigenvalue weighted by Gasteiger charge is -2.13. The van der Waals surface area contributed by atoms with Gasteiger partial charge in [0, 0.05) is 18.0 Å². The molecule has 3 rings (SSSR count). The van der Waals surface area contributed by atoms with Gasteiger partial charge in [-0.2, -0.15) is 5.26 Å². The van der Waals surface area contributed by atoms with Crippen LogP contribution in [0, 0.1) is 31.0 Å². The molecule has 7 nitrogen and oxygen atoms in total. The summed E-state index contributed by atoms with van der Waals surface area (Å²) in [7, 11) is 0. The van der Waals surface area contributed by atoms with Crippen molar-refractivity contribution in [3.63, 3.8) is 0 Å². The van der Waals surface area contributed by atoms with Crippen LogP contribution < -0.4 is 16.2 Å². The molecule has 0 radical (unpaired) electrons. The van der Waals surface area contributed by atoms with Crippen LogP contribution in [-0.2, 0) is 10.5 Å². The van der Waals surface area contributed by atoms with E-state index in [1.807, 2.05) is 19.9 Å². The van der Waals surface area contributed by atoms with Gasteiger partial charge in [0.1, 0.15) is 28.1 Å². The third kappa shape index (κ3) is 5.24. The highest BCUT2D eigenvalue weighted by Crippen LogP contribution is 2.26. The van der Waals surface area contributed by atoms with Crippen molar-refractivity contribution in [3.8, 4) is 6.07 Å². The van der Waals surface area contributed by atoms with Gasteiger partial charge in [-0.15, -0.1) is 23.1 Å². The molecule has 3 aromatic rings. The number of rotatable bonds is 8. The van der Waals surface area contributed by atoms with Gasteiger partial charge in [0.25, 0.3) is 5.56 Å². The van der Waals surface area contributed by atoms with Gasteiger partial charge in [0.2, 0.25) is 5.91 Å². The minimum absolute atomic E-state index is 0.0488. The Bertz CT molecular complexity index is 1210. The second-order valence-electron chi connectivity index (χ2n) is 6.92. The number of carbonyl (C=O) groups is 1. The number of thiophene rings is 1. The largest absolute Gasteiger partial charge is 0.382 e. The molecule has 0 aliphatic heterocycles. The molecular weight excluding hydrogens is 437 g/mol. The number of aryl methyl sites for hydroxylation is 2. The number of carbonyl (C=O) groups excluding carboxylic acids is 1. The first-order valence-corrected chi connectivity index (χ1v) is 11.5. The molecule has 10 heteroatoms. The van der Waals surface area contributed by atoms with E-state index in [0.717, 1.165) is 10.4 Å². The van der Waals surface area contributed by atoms with Crippen LogP contribution in [0.2, 0.25) is 0 Å². The zero-order valence-electron chi connectivity index (χ0n) is 17.3. The van der Waals surface area contributed by atoms with Gasteiger partial charge in [0.05, 0.1) is 22.1 Å². The Labute approximate surface area is 187 Å². The molecule has 0 bridgehead atoms. The highest BCUT2D eigenvalue weighted by Gasteiger charge is 2.16. The molecule has 0 spiro atoms. The van der Waals surface area contributed by atoms with E-state index in [1.54, 1.807) is 13.0 Å². The molecule has 0 saturated heterocycles. The van der Waals surface area contributed by atoms with Crippen molar-refractivity contribution in [2.45, 2.75) is 31.8 Å². The fraction of sp³-hybridized carbons (Fsp3) is 0.333. The summed E-state index contributed by atoms with van der Waals surface area (Å²) >= 11 is 2.87. The molecule has 0 saturated carbocycles. The van der Waals surface area contributed by atoms with Crippen molar-refractivity contribution in [1.29, 1.82) is 5.26 Å². The third-order valence-corrected chi connectivity index (χ3v) is 7.05. The van der Waals surface area contributed by atoms with Crippen LogP contribution in [-0.4, -0.2) is 34.2 Å². The summed E-state index contributed by atoms with van der Waals surface area (Å²) in [5, 5.41) is 15.1. The van der Waals surface area contributed by atoms with Gasteiger partial charge < -0.3 is 15.6 Å². The summed E-state index contributed by atoms with van der Waals surface area (Å²) in [6.45, 7) is 6.33. The molecule has 31 heavy (non-hydrogen) atoms. The number of nitrogens with one attached hydrogen (secondary N) is 3. The van der Waals surface area contributed by atoms with Gasteiger partial charge in [-0.05, 0) is 38.5 Å². The molecule has 162 valence electrons. The van der Waals surface area contributed by atoms with Crippen LogP contribution in [0.1, 0.15) is 28.8 Å². The van der Waals surface area contributed by atoms with Crippen LogP contribution in [0.15, 0.2) is 23.0 Å². The number of nitriles is 1. The Morgan fingerprint density at radius 1 is 1.39 bits per heavy atom. The van der Waals surface area contributed by atoms with Crippen LogP contribution in [0.3, 0.4) is 0 Å². The van der Waals surface area contributed by atoms with E-state index in [9.17, 15) is 14.0 Å². The monoisotopic (exact) mass is 459 g/mol. The number of benzene rings is 1. The maximum atomic E-state index is 13.6. The SMILES string of the molecule is Cc1sc2nc(CSC(C)C(=O)NCCNc3cccc(F)c3C#N)[nH]c(=O)c2c1C. The summed E-state index contributed by atoms with van der Waals surface area (Å²) < 4.78 is 13.6. The lowest BCUT2D eigenvalue weighted by molar-refractivity contribution is -0.120. The average molecular weight is 460 g/mol. The maximum absolute atomic E-state index is 13.6. The molecule has 2 aromatic heterocycles. The van der Waals surface area contributed by atoms with E-state index < -0.39 is 5.82 Å². The first kappa shape index (κ1) is 22.8. The standard InChI is InChI=1S/C21H22FN5O2S2/c1-11-12(2)31-21-18(11)20(29)26-17(27-21)10-30-13(3)19(28)25-8-7-24-16-6-4-5-15(22)14(16)9-23/h4-6,13,24H,7-8,10H2,1-3H3,(H,25,28)(H,26,27,29). The molecule has 2 heterocycles. The van der Waals surface area contributed by atoms with Crippen molar-refractivity contribution in [2.75, 3.05) is 18.4 Å². The van der Waals surface area contributed by atoms with Gasteiger partial charge in [0.15, 0.2) is 0 Å². The minimum atomic E-state index is -0.584. The zero-order chi connectivity index (χ0) is 22.5. The number of H-pyrrole nitrogens is 1. The lowest BCUT2D eigenvalue weighted by atomic mass is 10.2. The maximum Gasteiger partial charge on any atom is 0.259 e. The Hall–Kier alpha value is -2.90. The summed E-state index contributed by atoms with van der Waals surface area (Å²) in [6.07, 6.45) is 0. The number of hydrogen-bond donors (Lipinski definition) is 3. The number of amides is 1. The van der Waals surface area contributed by atoms with Crippen LogP contribution in [0.5, 0.6) is 0 Å². The van der Waals surface area contributed by atoms with Crippen molar-refractivity contribution in [2.24, 2.45) is 0 Å². The van der Waals surface area contributed by atoms with E-state index in [1.165, 1.54) is 35.2 Å². The quantitative estimate of drug-likeness (QED) is 0.445. The molecule has 0 aliphatic carbocycles. The van der Waals surface area contributed by atoms with Crippen LogP contribution >= 0.6 is 23.1 Å². The van der Waals surface area contributed by atoms with Crippen molar-refractivity contribution < 1.29 is 9.18 Å². The first-order valence-electron chi connectivity index (χ1n) is 9.62. The Morgan fingerprint density at radius 2 is 2.16 bits per heavy atom. The summed E-state index contributed by atoms with van der Waals surface area (Å²) in [5.74, 6) is 0.209. The average Bonchev–Trinajstić information content (AvgIpc) is 3.03. The van der Waals surface area contributed by atoms with E-state index in [-0.39, 0.29) is 22.3 Å². The number of thioether (sulfide) groups is 1. The summed E-state index contributed by atoms with van der Waals surface area (Å²) in [4.78, 5) is 33.8. The molecular formula is C21H22FN5O2S2. The zero-order valence-corrected chi connectivity index (χ0v) is 19.0. The fourth-order valence-electron chi connectivity index (χ4n) is 2.96. The number of aromatic nitrogens is 2. The normalized spacial score (nSPS) is 11.8. The predicted octanol–water partition coefficient (Wildman–Crippen LogP) is 3.46. The number of aromatic amines is 1. The van der Waals surface area contributed by atoms with E-state index in [4.69, 9.17) is 5.26 Å². The van der Waals surface area contributed by atoms with Crippen molar-refractivity contribution >= 4 is 44.9 Å². The molecule has 1 amide bonds. The number of fused-ring (bicyclic) bond motifs is 1. The molecule has 1 atom stereocenters. The molecule has 1 unspecified atom stereocenters. The van der Waals surface area contributed by atoms with E-state index in [0.29, 0.717) is 40.6 Å². The second kappa shape index (κ2) is 9.94. The van der Waals surface area contributed by atoms with Crippen molar-refractivity contribution in [3.05, 3.63) is 56.2 Å². The van der Waals surface area contributed by atoms with Gasteiger partial charge in [-0.1, -0.05) is 6.07 Å². The van der Waals surface area contributed by atoms with E-state index >= 15 is 0 Å². The minimum Gasteiger partial charge on any atom is -0.382 e. The molecule has 0 aliphatic rings. The number of anilines is 1. The fourth-order valence-corrected chi connectivity index (χ4v) is 4.79. The van der Waals surface area contributed by atoms with Gasteiger partial charge in [-0.25, -0.2) is 9.37 Å². The smallest absolute Gasteiger partial charge is 0.259 e. The Balaban J connectivity index is 1.49. The number of halogens is 1. The topological polar surface area (TPSA) is 111 Å². The predicted molar refractivity (Wildman–Crippen MR) is 123 cm³/mol. The lowest BCUT2D eigenvalue weighted by Crippen LogP contribution is -2.34. The highest BCUT2D eigenvalue weighted by molar-refractivity contribution is 7.99. The van der Waals surface area contributed by atoms with Crippen LogP contribution in [0.25, 0.3) is 10.2 Å². The van der Waals surface area contributed by atoms with E-state index in [2.05, 4.69) is 20.6 Å². The molecule has 0 fully saturated rings. The second-order valence-corrected chi connectivity index (χ2v) is 9.45. The Kier molecular flexibility index (Phi) is 7.30. The van der Waals surface area contributed by atoms with Crippen molar-refractivity contribution in [1.82, 2.24) is 15.3 Å². The highest BCUT2D eigenvalue weighted by atomic mass is 32.2. The third-order valence-electron chi connectivity index (χ3n) is 4.79. The number of hydrogen-bond acceptors (Lipinski definition) is 7. The summed E-state index contributed by atoms with van der Waals surface area (Å²) in [6, 6.07) is 6.18. The Morgan fingerprint density at radius 3 is 2.90 bits per heavy atom. The number of nitrogens with zero attached hydrogens (tertiary/aromatic N) is 2. The molecule has 3 N–H and O–H groups in total. The first-order chi connectivity index (χ1) is 14.8. The summed E-state index contributed by atoms with van der Waals surface area (Å²) in [5.41, 5.74) is 1.14. The van der Waals surface area contributed by atoms with Gasteiger partial charge in [-0.3, -0.25) is 9.59 Å². The van der Waals surface area contributed by atoms with Gasteiger partial charge >= 0.3 is 0 Å². The molecule has 1 aromatic carbocycles. The van der Waals surface area contributed by atoms with Crippen LogP contribution in [0.4, 0.5) is 10.1 Å².